The van der Waals surface area contributed by atoms with Crippen LogP contribution in [0.15, 0.2) is 23.0 Å². The quantitative estimate of drug-likeness (QED) is 0.913. The molecular formula is C13H16N2O4S. The Morgan fingerprint density at radius 3 is 2.90 bits per heavy atom. The average molecular weight is 296 g/mol. The van der Waals surface area contributed by atoms with E-state index in [-0.39, 0.29) is 18.0 Å². The third-order valence-corrected chi connectivity index (χ3v) is 6.10. The lowest BCUT2D eigenvalue weighted by Crippen LogP contribution is -2.27. The fourth-order valence-electron chi connectivity index (χ4n) is 2.77. The van der Waals surface area contributed by atoms with Gasteiger partial charge in [-0.3, -0.25) is 4.57 Å². The van der Waals surface area contributed by atoms with Crippen LogP contribution < -0.4 is 10.4 Å². The van der Waals surface area contributed by atoms with Crippen molar-refractivity contribution in [1.82, 2.24) is 9.55 Å². The lowest BCUT2D eigenvalue weighted by atomic mass is 10.2. The molecule has 0 radical (unpaired) electrons. The van der Waals surface area contributed by atoms with Crippen LogP contribution in [0.3, 0.4) is 0 Å². The van der Waals surface area contributed by atoms with Gasteiger partial charge >= 0.3 is 5.69 Å². The third-order valence-electron chi connectivity index (χ3n) is 3.84. The van der Waals surface area contributed by atoms with Crippen molar-refractivity contribution in [3.63, 3.8) is 0 Å². The smallest absolute Gasteiger partial charge is 0.326 e. The van der Waals surface area contributed by atoms with Gasteiger partial charge in [-0.1, -0.05) is 6.07 Å². The van der Waals surface area contributed by atoms with E-state index in [0.29, 0.717) is 29.6 Å². The number of hydrogen-bond acceptors (Lipinski definition) is 4. The number of sulfone groups is 1. The van der Waals surface area contributed by atoms with Crippen molar-refractivity contribution in [2.24, 2.45) is 0 Å². The number of nitrogens with one attached hydrogen (secondary N) is 1. The Balaban J connectivity index is 2.08. The second kappa shape index (κ2) is 4.66. The summed E-state index contributed by atoms with van der Waals surface area (Å²) in [6.07, 6.45) is 1.29. The molecule has 1 aliphatic rings. The zero-order valence-electron chi connectivity index (χ0n) is 11.1. The van der Waals surface area contributed by atoms with Crippen LogP contribution in [-0.4, -0.2) is 36.1 Å². The van der Waals surface area contributed by atoms with Crippen molar-refractivity contribution >= 4 is 20.9 Å². The molecule has 1 aliphatic heterocycles. The van der Waals surface area contributed by atoms with E-state index in [1.54, 1.807) is 18.2 Å². The van der Waals surface area contributed by atoms with Crippen LogP contribution >= 0.6 is 0 Å². The monoisotopic (exact) mass is 296 g/mol. The minimum Gasteiger partial charge on any atom is -0.494 e. The van der Waals surface area contributed by atoms with E-state index in [1.165, 1.54) is 11.7 Å². The van der Waals surface area contributed by atoms with Gasteiger partial charge in [0.15, 0.2) is 9.84 Å². The molecule has 2 aromatic rings. The molecule has 108 valence electrons. The Kier molecular flexibility index (Phi) is 3.08. The molecule has 0 aliphatic carbocycles. The minimum absolute atomic E-state index is 0.203. The number of para-hydroxylation sites is 1. The van der Waals surface area contributed by atoms with Gasteiger partial charge in [-0.05, 0) is 25.0 Å². The molecule has 1 unspecified atom stereocenters. The second-order valence-electron chi connectivity index (χ2n) is 5.03. The Morgan fingerprint density at radius 2 is 2.25 bits per heavy atom. The molecule has 1 fully saturated rings. The number of fused-ring (bicyclic) bond motifs is 1. The fourth-order valence-corrected chi connectivity index (χ4v) is 4.58. The molecule has 20 heavy (non-hydrogen) atoms. The van der Waals surface area contributed by atoms with E-state index in [4.69, 9.17) is 4.74 Å². The molecule has 1 saturated heterocycles. The zero-order valence-corrected chi connectivity index (χ0v) is 11.9. The first-order valence-electron chi connectivity index (χ1n) is 6.50. The number of ether oxygens (including phenoxy) is 1. The van der Waals surface area contributed by atoms with E-state index in [0.717, 1.165) is 0 Å². The van der Waals surface area contributed by atoms with Crippen molar-refractivity contribution in [2.75, 3.05) is 12.9 Å². The maximum absolute atomic E-state index is 12.1. The van der Waals surface area contributed by atoms with Gasteiger partial charge in [-0.2, -0.15) is 0 Å². The number of aromatic amines is 1. The topological polar surface area (TPSA) is 81.2 Å². The van der Waals surface area contributed by atoms with Crippen molar-refractivity contribution in [2.45, 2.75) is 24.6 Å². The molecule has 1 N–H and O–H groups in total. The van der Waals surface area contributed by atoms with Crippen molar-refractivity contribution < 1.29 is 13.2 Å². The number of imidazole rings is 1. The fraction of sp³-hybridized carbons (Fsp3) is 0.462. The standard InChI is InChI=1S/C13H16N2O4S/c1-19-11-6-2-5-10-12(11)14-13(16)15(10)8-9-4-3-7-20(9,17)18/h2,5-6,9H,3-4,7-8H2,1H3,(H,14,16). The first kappa shape index (κ1) is 13.2. The minimum atomic E-state index is -3.07. The number of benzene rings is 1. The normalized spacial score (nSPS) is 21.4. The van der Waals surface area contributed by atoms with Gasteiger partial charge in [0.25, 0.3) is 0 Å². The van der Waals surface area contributed by atoms with Crippen LogP contribution in [0.5, 0.6) is 5.75 Å². The van der Waals surface area contributed by atoms with Crippen LogP contribution in [0.2, 0.25) is 0 Å². The molecule has 0 amide bonds. The average Bonchev–Trinajstić information content (AvgIpc) is 2.91. The van der Waals surface area contributed by atoms with Gasteiger partial charge in [-0.15, -0.1) is 0 Å². The predicted molar refractivity (Wildman–Crippen MR) is 75.9 cm³/mol. The first-order chi connectivity index (χ1) is 9.53. The molecule has 1 aromatic heterocycles. The Bertz CT molecular complexity index is 803. The summed E-state index contributed by atoms with van der Waals surface area (Å²) < 4.78 is 30.5. The summed E-state index contributed by atoms with van der Waals surface area (Å²) in [5.41, 5.74) is 0.985. The van der Waals surface area contributed by atoms with Crippen molar-refractivity contribution in [1.29, 1.82) is 0 Å². The highest BCUT2D eigenvalue weighted by Gasteiger charge is 2.32. The number of hydrogen-bond donors (Lipinski definition) is 1. The van der Waals surface area contributed by atoms with Gasteiger partial charge in [0.05, 0.1) is 23.6 Å². The molecule has 1 atom stereocenters. The predicted octanol–water partition coefficient (Wildman–Crippen LogP) is 0.915. The summed E-state index contributed by atoms with van der Waals surface area (Å²) in [4.78, 5) is 14.8. The van der Waals surface area contributed by atoms with Crippen LogP contribution in [0.4, 0.5) is 0 Å². The Labute approximate surface area is 116 Å². The number of H-pyrrole nitrogens is 1. The maximum atomic E-state index is 12.1. The van der Waals surface area contributed by atoms with Crippen LogP contribution in [0, 0.1) is 0 Å². The van der Waals surface area contributed by atoms with E-state index in [2.05, 4.69) is 4.98 Å². The van der Waals surface area contributed by atoms with E-state index in [9.17, 15) is 13.2 Å². The highest BCUT2D eigenvalue weighted by atomic mass is 32.2. The zero-order chi connectivity index (χ0) is 14.3. The number of aromatic nitrogens is 2. The van der Waals surface area contributed by atoms with Crippen molar-refractivity contribution in [3.8, 4) is 5.75 Å². The SMILES string of the molecule is COc1cccc2c1[nH]c(=O)n2CC1CCCS1(=O)=O. The Hall–Kier alpha value is -1.76. The highest BCUT2D eigenvalue weighted by Crippen LogP contribution is 2.25. The summed E-state index contributed by atoms with van der Waals surface area (Å²) in [6.45, 7) is 0.203. The van der Waals surface area contributed by atoms with Gasteiger partial charge < -0.3 is 9.72 Å². The van der Waals surface area contributed by atoms with Gasteiger partial charge in [-0.25, -0.2) is 13.2 Å². The van der Waals surface area contributed by atoms with Crippen LogP contribution in [-0.2, 0) is 16.4 Å². The van der Waals surface area contributed by atoms with E-state index >= 15 is 0 Å². The molecule has 1 aromatic carbocycles. The van der Waals surface area contributed by atoms with Gasteiger partial charge in [0.1, 0.15) is 11.3 Å². The van der Waals surface area contributed by atoms with E-state index < -0.39 is 15.1 Å². The molecular weight excluding hydrogens is 280 g/mol. The second-order valence-corrected chi connectivity index (χ2v) is 7.43. The summed E-state index contributed by atoms with van der Waals surface area (Å²) >= 11 is 0. The molecule has 0 bridgehead atoms. The molecule has 2 heterocycles. The summed E-state index contributed by atoms with van der Waals surface area (Å²) in [5, 5.41) is -0.467. The van der Waals surface area contributed by atoms with Gasteiger partial charge in [0, 0.05) is 6.54 Å². The third kappa shape index (κ3) is 2.02. The highest BCUT2D eigenvalue weighted by molar-refractivity contribution is 7.92. The summed E-state index contributed by atoms with van der Waals surface area (Å²) in [6, 6.07) is 5.33. The molecule has 6 nitrogen and oxygen atoms in total. The van der Waals surface area contributed by atoms with Crippen LogP contribution in [0.25, 0.3) is 11.0 Å². The van der Waals surface area contributed by atoms with E-state index in [1.807, 2.05) is 0 Å². The number of nitrogens with zero attached hydrogens (tertiary/aromatic N) is 1. The summed E-state index contributed by atoms with van der Waals surface area (Å²) in [7, 11) is -1.54. The molecule has 7 heteroatoms. The molecule has 0 saturated carbocycles. The largest absolute Gasteiger partial charge is 0.494 e. The number of methoxy groups -OCH3 is 1. The first-order valence-corrected chi connectivity index (χ1v) is 8.21. The van der Waals surface area contributed by atoms with Crippen LogP contribution in [0.1, 0.15) is 12.8 Å². The molecule has 3 rings (SSSR count). The summed E-state index contributed by atoms with van der Waals surface area (Å²) in [5.74, 6) is 0.797. The Morgan fingerprint density at radius 1 is 1.45 bits per heavy atom. The van der Waals surface area contributed by atoms with Gasteiger partial charge in [0.2, 0.25) is 0 Å². The lowest BCUT2D eigenvalue weighted by molar-refractivity contribution is 0.419. The number of rotatable bonds is 3. The molecule has 0 spiro atoms. The maximum Gasteiger partial charge on any atom is 0.326 e. The van der Waals surface area contributed by atoms with Crippen molar-refractivity contribution in [3.05, 3.63) is 28.7 Å². The lowest BCUT2D eigenvalue weighted by Gasteiger charge is -2.10.